The van der Waals surface area contributed by atoms with E-state index in [0.717, 1.165) is 35.5 Å². The second-order valence-electron chi connectivity index (χ2n) is 10.0. The largest absolute Gasteiger partial charge is 0.172 e. The standard InChI is InChI=1S/C24H34S.HI/c1-16-2-4-17(5-3-16)10-11-24(25,22-14-18-6-8-20(22)12-18)23-15-19-7-9-21(23)13-19;/h2-5,18-23,25H,6-15H2,1H3;1H. The highest BCUT2D eigenvalue weighted by Gasteiger charge is 2.56. The van der Waals surface area contributed by atoms with E-state index in [4.69, 9.17) is 12.6 Å². The number of aryl methyl sites for hydroxylation is 2. The zero-order valence-corrected chi connectivity index (χ0v) is 19.4. The van der Waals surface area contributed by atoms with Gasteiger partial charge in [0.25, 0.3) is 0 Å². The molecule has 0 aliphatic heterocycles. The molecule has 4 fully saturated rings. The Morgan fingerprint density at radius 3 is 1.81 bits per heavy atom. The van der Waals surface area contributed by atoms with Crippen LogP contribution in [0.1, 0.15) is 68.9 Å². The summed E-state index contributed by atoms with van der Waals surface area (Å²) in [5.74, 6) is 5.90. The Morgan fingerprint density at radius 1 is 0.846 bits per heavy atom. The number of halogens is 1. The van der Waals surface area contributed by atoms with Crippen molar-refractivity contribution >= 4 is 36.6 Å². The minimum atomic E-state index is 0. The molecular weight excluding hydrogens is 447 g/mol. The molecule has 0 aromatic heterocycles. The predicted octanol–water partition coefficient (Wildman–Crippen LogP) is 7.09. The summed E-state index contributed by atoms with van der Waals surface area (Å²) < 4.78 is 0.310. The van der Waals surface area contributed by atoms with Crippen molar-refractivity contribution in [3.05, 3.63) is 35.4 Å². The smallest absolute Gasteiger partial charge is 0.0194 e. The first-order chi connectivity index (χ1) is 12.1. The quantitative estimate of drug-likeness (QED) is 0.336. The van der Waals surface area contributed by atoms with Gasteiger partial charge in [-0.25, -0.2) is 0 Å². The van der Waals surface area contributed by atoms with Crippen LogP contribution >= 0.6 is 36.6 Å². The van der Waals surface area contributed by atoms with Gasteiger partial charge in [0.2, 0.25) is 0 Å². The Hall–Kier alpha value is 0.300. The summed E-state index contributed by atoms with van der Waals surface area (Å²) in [5.41, 5.74) is 2.90. The van der Waals surface area contributed by atoms with Gasteiger partial charge in [-0.15, -0.1) is 24.0 Å². The van der Waals surface area contributed by atoms with Crippen molar-refractivity contribution in [3.63, 3.8) is 0 Å². The number of fused-ring (bicyclic) bond motifs is 4. The van der Waals surface area contributed by atoms with E-state index in [1.165, 1.54) is 75.3 Å². The average Bonchev–Trinajstić information content (AvgIpc) is 3.41. The molecule has 26 heavy (non-hydrogen) atoms. The van der Waals surface area contributed by atoms with Crippen LogP contribution in [0.3, 0.4) is 0 Å². The zero-order chi connectivity index (χ0) is 17.0. The van der Waals surface area contributed by atoms with Crippen molar-refractivity contribution in [2.75, 3.05) is 0 Å². The number of thiol groups is 1. The molecule has 6 atom stereocenters. The first-order valence-corrected chi connectivity index (χ1v) is 11.3. The second kappa shape index (κ2) is 7.61. The van der Waals surface area contributed by atoms with E-state index < -0.39 is 0 Å². The molecule has 4 bridgehead atoms. The van der Waals surface area contributed by atoms with Crippen molar-refractivity contribution in [2.24, 2.45) is 35.5 Å². The summed E-state index contributed by atoms with van der Waals surface area (Å²) in [5, 5.41) is 0. The Kier molecular flexibility index (Phi) is 5.74. The fourth-order valence-electron chi connectivity index (χ4n) is 7.46. The van der Waals surface area contributed by atoms with Crippen LogP contribution in [0.5, 0.6) is 0 Å². The van der Waals surface area contributed by atoms with Crippen molar-refractivity contribution in [1.82, 2.24) is 0 Å². The molecule has 0 radical (unpaired) electrons. The van der Waals surface area contributed by atoms with Gasteiger partial charge in [0.1, 0.15) is 0 Å². The van der Waals surface area contributed by atoms with E-state index in [1.807, 2.05) is 0 Å². The number of hydrogen-bond acceptors (Lipinski definition) is 1. The third-order valence-corrected chi connectivity index (χ3v) is 9.58. The first-order valence-electron chi connectivity index (χ1n) is 10.9. The van der Waals surface area contributed by atoms with E-state index in [0.29, 0.717) is 4.75 Å². The molecule has 2 heteroatoms. The van der Waals surface area contributed by atoms with Gasteiger partial charge < -0.3 is 0 Å². The van der Waals surface area contributed by atoms with E-state index in [-0.39, 0.29) is 24.0 Å². The maximum absolute atomic E-state index is 5.63. The molecule has 0 nitrogen and oxygen atoms in total. The Balaban J connectivity index is 0.00000168. The molecule has 1 aromatic rings. The first kappa shape index (κ1) is 19.6. The van der Waals surface area contributed by atoms with Gasteiger partial charge in [0, 0.05) is 4.75 Å². The number of rotatable bonds is 5. The molecule has 144 valence electrons. The summed E-state index contributed by atoms with van der Waals surface area (Å²) in [4.78, 5) is 0. The van der Waals surface area contributed by atoms with E-state index in [1.54, 1.807) is 0 Å². The monoisotopic (exact) mass is 482 g/mol. The zero-order valence-electron chi connectivity index (χ0n) is 16.2. The van der Waals surface area contributed by atoms with Gasteiger partial charge in [-0.2, -0.15) is 12.6 Å². The molecule has 4 aliphatic rings. The van der Waals surface area contributed by atoms with Gasteiger partial charge in [-0.05, 0) is 99.4 Å². The number of benzene rings is 1. The summed E-state index contributed by atoms with van der Waals surface area (Å²) in [6.07, 6.45) is 14.6. The van der Waals surface area contributed by atoms with Crippen LogP contribution in [0.15, 0.2) is 24.3 Å². The normalized spacial score (nSPS) is 39.8. The minimum Gasteiger partial charge on any atom is -0.172 e. The summed E-state index contributed by atoms with van der Waals surface area (Å²) in [6.45, 7) is 2.19. The van der Waals surface area contributed by atoms with E-state index >= 15 is 0 Å². The summed E-state index contributed by atoms with van der Waals surface area (Å²) >= 11 is 5.63. The van der Waals surface area contributed by atoms with Crippen molar-refractivity contribution in [1.29, 1.82) is 0 Å². The molecule has 0 amide bonds. The lowest BCUT2D eigenvalue weighted by molar-refractivity contribution is 0.144. The van der Waals surface area contributed by atoms with Crippen LogP contribution in [0.4, 0.5) is 0 Å². The topological polar surface area (TPSA) is 0 Å². The SMILES string of the molecule is Cc1ccc(CCC(S)(C2CC3CCC2C3)C2CC3CCC2C3)cc1.I. The molecule has 4 aliphatic carbocycles. The molecule has 4 saturated carbocycles. The maximum atomic E-state index is 5.63. The van der Waals surface area contributed by atoms with Gasteiger partial charge in [0.05, 0.1) is 0 Å². The van der Waals surface area contributed by atoms with Crippen LogP contribution in [0, 0.1) is 42.4 Å². The van der Waals surface area contributed by atoms with Crippen LogP contribution in [0.25, 0.3) is 0 Å². The van der Waals surface area contributed by atoms with Crippen LogP contribution in [-0.4, -0.2) is 4.75 Å². The highest BCUT2D eigenvalue weighted by molar-refractivity contribution is 14.0. The summed E-state index contributed by atoms with van der Waals surface area (Å²) in [6, 6.07) is 9.27. The lowest BCUT2D eigenvalue weighted by Gasteiger charge is -2.47. The fraction of sp³-hybridized carbons (Fsp3) is 0.750. The molecule has 5 rings (SSSR count). The van der Waals surface area contributed by atoms with Crippen molar-refractivity contribution < 1.29 is 0 Å². The molecule has 0 spiro atoms. The molecule has 6 unspecified atom stereocenters. The van der Waals surface area contributed by atoms with Crippen LogP contribution in [0.2, 0.25) is 0 Å². The van der Waals surface area contributed by atoms with Gasteiger partial charge in [-0.3, -0.25) is 0 Å². The minimum absolute atomic E-state index is 0. The van der Waals surface area contributed by atoms with E-state index in [9.17, 15) is 0 Å². The highest BCUT2D eigenvalue weighted by atomic mass is 127. The fourth-order valence-corrected chi connectivity index (χ4v) is 8.20. The van der Waals surface area contributed by atoms with E-state index in [2.05, 4.69) is 31.2 Å². The Morgan fingerprint density at radius 2 is 1.38 bits per heavy atom. The van der Waals surface area contributed by atoms with Gasteiger partial charge in [-0.1, -0.05) is 42.7 Å². The van der Waals surface area contributed by atoms with Crippen molar-refractivity contribution in [2.45, 2.75) is 75.9 Å². The third-order valence-electron chi connectivity index (χ3n) is 8.70. The Labute approximate surface area is 182 Å². The van der Waals surface area contributed by atoms with Crippen molar-refractivity contribution in [3.8, 4) is 0 Å². The molecule has 0 heterocycles. The highest BCUT2D eigenvalue weighted by Crippen LogP contribution is 2.62. The predicted molar refractivity (Wildman–Crippen MR) is 125 cm³/mol. The lowest BCUT2D eigenvalue weighted by Crippen LogP contribution is -2.45. The molecule has 1 aromatic carbocycles. The second-order valence-corrected chi connectivity index (χ2v) is 10.9. The summed E-state index contributed by atoms with van der Waals surface area (Å²) in [7, 11) is 0. The Bertz CT molecular complexity index is 596. The van der Waals surface area contributed by atoms with Crippen LogP contribution < -0.4 is 0 Å². The van der Waals surface area contributed by atoms with Gasteiger partial charge >= 0.3 is 0 Å². The maximum Gasteiger partial charge on any atom is 0.0194 e. The number of hydrogen-bond donors (Lipinski definition) is 1. The molecular formula is C24H35IS. The lowest BCUT2D eigenvalue weighted by atomic mass is 9.66. The average molecular weight is 483 g/mol. The molecule has 0 saturated heterocycles. The van der Waals surface area contributed by atoms with Gasteiger partial charge in [0.15, 0.2) is 0 Å². The third kappa shape index (κ3) is 3.40. The molecule has 0 N–H and O–H groups in total. The van der Waals surface area contributed by atoms with Crippen LogP contribution in [-0.2, 0) is 6.42 Å².